The Morgan fingerprint density at radius 2 is 1.80 bits per heavy atom. The second-order valence-electron chi connectivity index (χ2n) is 7.82. The maximum absolute atomic E-state index is 12.7. The summed E-state index contributed by atoms with van der Waals surface area (Å²) >= 11 is 0. The summed E-state index contributed by atoms with van der Waals surface area (Å²) in [5.41, 5.74) is 1.60. The molecule has 3 heterocycles. The van der Waals surface area contributed by atoms with Crippen molar-refractivity contribution in [2.75, 3.05) is 70.9 Å². The fraction of sp³-hybridized carbons (Fsp3) is 0.545. The van der Waals surface area contributed by atoms with Crippen molar-refractivity contribution in [1.29, 1.82) is 0 Å². The number of hydrogen-bond acceptors (Lipinski definition) is 7. The molecule has 2 aliphatic rings. The van der Waals surface area contributed by atoms with E-state index in [2.05, 4.69) is 38.7 Å². The topological polar surface area (TPSA) is 65.3 Å². The highest BCUT2D eigenvalue weighted by Crippen LogP contribution is 2.22. The van der Waals surface area contributed by atoms with Crippen LogP contribution in [0.15, 0.2) is 34.9 Å². The normalized spacial score (nSPS) is 18.6. The smallest absolute Gasteiger partial charge is 0.275 e. The molecule has 1 amide bonds. The number of methoxy groups -OCH3 is 1. The van der Waals surface area contributed by atoms with Crippen LogP contribution in [0.25, 0.3) is 0 Å². The van der Waals surface area contributed by atoms with E-state index in [9.17, 15) is 4.79 Å². The molecule has 1 aromatic carbocycles. The van der Waals surface area contributed by atoms with Crippen molar-refractivity contribution < 1.29 is 13.9 Å². The second kappa shape index (κ2) is 9.49. The lowest BCUT2D eigenvalue weighted by atomic mass is 10.2. The van der Waals surface area contributed by atoms with Crippen LogP contribution in [0.3, 0.4) is 0 Å². The summed E-state index contributed by atoms with van der Waals surface area (Å²) in [6, 6.07) is 8.17. The van der Waals surface area contributed by atoms with Crippen molar-refractivity contribution >= 4 is 11.6 Å². The van der Waals surface area contributed by atoms with Crippen LogP contribution in [0.2, 0.25) is 0 Å². The molecule has 0 unspecified atom stereocenters. The van der Waals surface area contributed by atoms with Crippen LogP contribution in [0.4, 0.5) is 5.69 Å². The maximum Gasteiger partial charge on any atom is 0.275 e. The molecule has 4 rings (SSSR count). The van der Waals surface area contributed by atoms with E-state index in [-0.39, 0.29) is 5.91 Å². The lowest BCUT2D eigenvalue weighted by molar-refractivity contribution is 0.0637. The number of oxazole rings is 1. The van der Waals surface area contributed by atoms with E-state index in [1.165, 1.54) is 12.0 Å². The van der Waals surface area contributed by atoms with Crippen molar-refractivity contribution in [3.8, 4) is 5.75 Å². The minimum atomic E-state index is -0.0244. The SMILES string of the molecule is CCN1CCN(C(=O)c2coc(CN3CCN(c4cccc(OC)c4)CC3)n2)CC1. The third kappa shape index (κ3) is 4.76. The molecule has 2 saturated heterocycles. The Bertz CT molecular complexity index is 839. The molecule has 30 heavy (non-hydrogen) atoms. The highest BCUT2D eigenvalue weighted by atomic mass is 16.5. The molecule has 2 fully saturated rings. The number of likely N-dealkylation sites (N-methyl/N-ethyl adjacent to an activating group) is 1. The van der Waals surface area contributed by atoms with E-state index in [1.54, 1.807) is 7.11 Å². The number of aromatic nitrogens is 1. The Kier molecular flexibility index (Phi) is 6.54. The van der Waals surface area contributed by atoms with Crippen LogP contribution in [0.1, 0.15) is 23.3 Å². The Morgan fingerprint density at radius 1 is 1.07 bits per heavy atom. The van der Waals surface area contributed by atoms with E-state index >= 15 is 0 Å². The molecule has 0 saturated carbocycles. The van der Waals surface area contributed by atoms with Crippen LogP contribution >= 0.6 is 0 Å². The van der Waals surface area contributed by atoms with Gasteiger partial charge >= 0.3 is 0 Å². The van der Waals surface area contributed by atoms with Crippen LogP contribution in [-0.4, -0.2) is 91.6 Å². The van der Waals surface area contributed by atoms with Crippen molar-refractivity contribution in [1.82, 2.24) is 19.7 Å². The highest BCUT2D eigenvalue weighted by Gasteiger charge is 2.25. The molecule has 0 aliphatic carbocycles. The quantitative estimate of drug-likeness (QED) is 0.715. The first-order chi connectivity index (χ1) is 14.7. The van der Waals surface area contributed by atoms with Gasteiger partial charge in [-0.15, -0.1) is 0 Å². The van der Waals surface area contributed by atoms with Gasteiger partial charge in [0.05, 0.1) is 13.7 Å². The lowest BCUT2D eigenvalue weighted by Gasteiger charge is -2.35. The number of carbonyl (C=O) groups excluding carboxylic acids is 1. The summed E-state index contributed by atoms with van der Waals surface area (Å²) in [4.78, 5) is 26.1. The molecule has 2 aromatic rings. The molecule has 8 heteroatoms. The van der Waals surface area contributed by atoms with Gasteiger partial charge in [0, 0.05) is 64.1 Å². The summed E-state index contributed by atoms with van der Waals surface area (Å²) in [5, 5.41) is 0. The average molecular weight is 414 g/mol. The molecule has 0 bridgehead atoms. The number of piperazine rings is 2. The summed E-state index contributed by atoms with van der Waals surface area (Å²) < 4.78 is 11.0. The molecule has 162 valence electrons. The number of hydrogen-bond donors (Lipinski definition) is 0. The molecule has 0 spiro atoms. The summed E-state index contributed by atoms with van der Waals surface area (Å²) in [6.07, 6.45) is 1.51. The third-order valence-electron chi connectivity index (χ3n) is 6.03. The van der Waals surface area contributed by atoms with E-state index in [1.807, 2.05) is 17.0 Å². The van der Waals surface area contributed by atoms with Gasteiger partial charge in [0.2, 0.25) is 5.89 Å². The molecule has 8 nitrogen and oxygen atoms in total. The second-order valence-corrected chi connectivity index (χ2v) is 7.82. The first-order valence-electron chi connectivity index (χ1n) is 10.7. The Hall–Kier alpha value is -2.58. The van der Waals surface area contributed by atoms with Gasteiger partial charge in [0.25, 0.3) is 5.91 Å². The van der Waals surface area contributed by atoms with Crippen LogP contribution < -0.4 is 9.64 Å². The van der Waals surface area contributed by atoms with Crippen molar-refractivity contribution in [2.24, 2.45) is 0 Å². The zero-order valence-electron chi connectivity index (χ0n) is 17.9. The molecule has 2 aliphatic heterocycles. The van der Waals surface area contributed by atoms with Crippen LogP contribution in [0.5, 0.6) is 5.75 Å². The molecule has 1 aromatic heterocycles. The minimum absolute atomic E-state index is 0.0244. The lowest BCUT2D eigenvalue weighted by Crippen LogP contribution is -2.48. The maximum atomic E-state index is 12.7. The summed E-state index contributed by atoms with van der Waals surface area (Å²) in [6.45, 7) is 10.9. The first kappa shape index (κ1) is 20.7. The number of amides is 1. The number of carbonyl (C=O) groups is 1. The number of anilines is 1. The fourth-order valence-electron chi connectivity index (χ4n) is 4.07. The monoisotopic (exact) mass is 413 g/mol. The standard InChI is InChI=1S/C22H31N5O3/c1-3-24-7-13-27(14-8-24)22(28)20-17-30-21(23-20)16-25-9-11-26(12-10-25)18-5-4-6-19(15-18)29-2/h4-6,15,17H,3,7-14,16H2,1-2H3. The average Bonchev–Trinajstić information content (AvgIpc) is 3.27. The highest BCUT2D eigenvalue weighted by molar-refractivity contribution is 5.92. The van der Waals surface area contributed by atoms with Crippen molar-refractivity contribution in [2.45, 2.75) is 13.5 Å². The van der Waals surface area contributed by atoms with Gasteiger partial charge in [0.15, 0.2) is 5.69 Å². The fourth-order valence-corrected chi connectivity index (χ4v) is 4.07. The van der Waals surface area contributed by atoms with Crippen molar-refractivity contribution in [3.63, 3.8) is 0 Å². The summed E-state index contributed by atoms with van der Waals surface area (Å²) in [7, 11) is 1.69. The number of ether oxygens (including phenoxy) is 1. The van der Waals surface area contributed by atoms with Gasteiger partial charge in [-0.3, -0.25) is 9.69 Å². The van der Waals surface area contributed by atoms with Gasteiger partial charge in [0.1, 0.15) is 12.0 Å². The number of nitrogens with zero attached hydrogens (tertiary/aromatic N) is 5. The van der Waals surface area contributed by atoms with Crippen LogP contribution in [0, 0.1) is 0 Å². The van der Waals surface area contributed by atoms with E-state index in [4.69, 9.17) is 9.15 Å². The zero-order valence-corrected chi connectivity index (χ0v) is 17.9. The predicted molar refractivity (Wildman–Crippen MR) is 115 cm³/mol. The molecule has 0 atom stereocenters. The Labute approximate surface area is 178 Å². The van der Waals surface area contributed by atoms with Gasteiger partial charge in [-0.25, -0.2) is 4.98 Å². The molecular weight excluding hydrogens is 382 g/mol. The first-order valence-corrected chi connectivity index (χ1v) is 10.7. The van der Waals surface area contributed by atoms with E-state index < -0.39 is 0 Å². The van der Waals surface area contributed by atoms with E-state index in [0.29, 0.717) is 18.1 Å². The summed E-state index contributed by atoms with van der Waals surface area (Å²) in [5.74, 6) is 1.46. The van der Waals surface area contributed by atoms with E-state index in [0.717, 1.165) is 64.7 Å². The number of rotatable bonds is 6. The third-order valence-corrected chi connectivity index (χ3v) is 6.03. The zero-order chi connectivity index (χ0) is 20.9. The van der Waals surface area contributed by atoms with Gasteiger partial charge in [-0.1, -0.05) is 13.0 Å². The van der Waals surface area contributed by atoms with Gasteiger partial charge < -0.3 is 23.9 Å². The minimum Gasteiger partial charge on any atom is -0.497 e. The van der Waals surface area contributed by atoms with Crippen LogP contribution in [-0.2, 0) is 6.54 Å². The molecule has 0 N–H and O–H groups in total. The number of benzene rings is 1. The van der Waals surface area contributed by atoms with Crippen molar-refractivity contribution in [3.05, 3.63) is 42.1 Å². The Morgan fingerprint density at radius 3 is 2.50 bits per heavy atom. The molecule has 0 radical (unpaired) electrons. The largest absolute Gasteiger partial charge is 0.497 e. The Balaban J connectivity index is 1.28. The molecular formula is C22H31N5O3. The van der Waals surface area contributed by atoms with Gasteiger partial charge in [-0.05, 0) is 18.7 Å². The van der Waals surface area contributed by atoms with Gasteiger partial charge in [-0.2, -0.15) is 0 Å². The predicted octanol–water partition coefficient (Wildman–Crippen LogP) is 1.78.